The molecule has 0 atom stereocenters. The zero-order valence-electron chi connectivity index (χ0n) is 16.4. The Balaban J connectivity index is 1.54. The van der Waals surface area contributed by atoms with Gasteiger partial charge in [-0.25, -0.2) is 17.8 Å². The van der Waals surface area contributed by atoms with Crippen molar-refractivity contribution in [2.45, 2.75) is 37.2 Å². The van der Waals surface area contributed by atoms with Gasteiger partial charge in [0, 0.05) is 37.3 Å². The Morgan fingerprint density at radius 1 is 1.33 bits per heavy atom. The van der Waals surface area contributed by atoms with Crippen LogP contribution in [0, 0.1) is 11.7 Å². The molecule has 0 N–H and O–H groups in total. The Kier molecular flexibility index (Phi) is 4.62. The molecule has 10 heteroatoms. The van der Waals surface area contributed by atoms with Gasteiger partial charge in [0.25, 0.3) is 0 Å². The summed E-state index contributed by atoms with van der Waals surface area (Å²) in [5.41, 5.74) is 3.04. The van der Waals surface area contributed by atoms with Crippen LogP contribution in [0.25, 0.3) is 11.4 Å². The van der Waals surface area contributed by atoms with Gasteiger partial charge in [-0.2, -0.15) is 9.40 Å². The SMILES string of the molecule is COc1ccc(F)cc1S(=O)(=O)N1CCc2c(c(-c3cocn3)nn2CC2CC2)C1. The van der Waals surface area contributed by atoms with Crippen LogP contribution in [0.4, 0.5) is 4.39 Å². The lowest BCUT2D eigenvalue weighted by Gasteiger charge is -2.27. The van der Waals surface area contributed by atoms with E-state index in [4.69, 9.17) is 14.3 Å². The van der Waals surface area contributed by atoms with Crippen LogP contribution < -0.4 is 4.74 Å². The van der Waals surface area contributed by atoms with Gasteiger partial charge in [0.05, 0.1) is 7.11 Å². The van der Waals surface area contributed by atoms with Gasteiger partial charge in [0.15, 0.2) is 6.39 Å². The highest BCUT2D eigenvalue weighted by molar-refractivity contribution is 7.89. The molecule has 1 aliphatic heterocycles. The molecule has 2 aromatic heterocycles. The molecule has 0 saturated heterocycles. The summed E-state index contributed by atoms with van der Waals surface area (Å²) in [6.45, 7) is 1.23. The Bertz CT molecular complexity index is 1190. The topological polar surface area (TPSA) is 90.5 Å². The summed E-state index contributed by atoms with van der Waals surface area (Å²) in [5.74, 6) is 0.105. The third-order valence-corrected chi connectivity index (χ3v) is 7.51. The van der Waals surface area contributed by atoms with E-state index in [9.17, 15) is 12.8 Å². The summed E-state index contributed by atoms with van der Waals surface area (Å²) >= 11 is 0. The van der Waals surface area contributed by atoms with Crippen molar-refractivity contribution < 1.29 is 22.0 Å². The van der Waals surface area contributed by atoms with E-state index < -0.39 is 15.8 Å². The number of methoxy groups -OCH3 is 1. The largest absolute Gasteiger partial charge is 0.495 e. The van der Waals surface area contributed by atoms with Crippen molar-refractivity contribution in [3.8, 4) is 17.1 Å². The molecule has 1 saturated carbocycles. The Hall–Kier alpha value is -2.72. The number of fused-ring (bicyclic) bond motifs is 1. The minimum atomic E-state index is -3.97. The van der Waals surface area contributed by atoms with Gasteiger partial charge in [0.1, 0.15) is 34.1 Å². The van der Waals surface area contributed by atoms with Crippen LogP contribution in [0.1, 0.15) is 24.1 Å². The molecule has 30 heavy (non-hydrogen) atoms. The molecule has 2 aliphatic rings. The molecule has 3 aromatic rings. The fourth-order valence-electron chi connectivity index (χ4n) is 3.89. The highest BCUT2D eigenvalue weighted by atomic mass is 32.2. The summed E-state index contributed by atoms with van der Waals surface area (Å²) in [6.07, 6.45) is 5.73. The molecule has 1 fully saturated rings. The first-order chi connectivity index (χ1) is 14.5. The van der Waals surface area contributed by atoms with E-state index in [2.05, 4.69) is 4.98 Å². The van der Waals surface area contributed by atoms with Crippen LogP contribution in [0.3, 0.4) is 0 Å². The fraction of sp³-hybridized carbons (Fsp3) is 0.400. The molecular formula is C20H21FN4O4S. The molecule has 0 amide bonds. The maximum atomic E-state index is 13.8. The number of hydrogen-bond acceptors (Lipinski definition) is 6. The number of benzene rings is 1. The second kappa shape index (κ2) is 7.21. The van der Waals surface area contributed by atoms with Crippen LogP contribution >= 0.6 is 0 Å². The molecule has 5 rings (SSSR count). The van der Waals surface area contributed by atoms with Crippen molar-refractivity contribution in [1.29, 1.82) is 0 Å². The minimum absolute atomic E-state index is 0.114. The van der Waals surface area contributed by atoms with Crippen LogP contribution in [-0.2, 0) is 29.5 Å². The number of hydrogen-bond donors (Lipinski definition) is 0. The smallest absolute Gasteiger partial charge is 0.247 e. The first kappa shape index (κ1) is 19.3. The highest BCUT2D eigenvalue weighted by Gasteiger charge is 2.36. The molecule has 1 aliphatic carbocycles. The summed E-state index contributed by atoms with van der Waals surface area (Å²) in [4.78, 5) is 4.03. The standard InChI is InChI=1S/C20H21FN4O4S/c1-28-18-5-4-14(21)8-19(18)30(26,27)24-7-6-17-15(10-24)20(16-11-29-12-22-16)23-25(17)9-13-2-3-13/h4-5,8,11-13H,2-3,6-7,9-10H2,1H3. The average molecular weight is 432 g/mol. The van der Waals surface area contributed by atoms with E-state index in [1.807, 2.05) is 4.68 Å². The molecule has 0 unspecified atom stereocenters. The van der Waals surface area contributed by atoms with Gasteiger partial charge in [-0.3, -0.25) is 4.68 Å². The molecular weight excluding hydrogens is 411 g/mol. The van der Waals surface area contributed by atoms with Gasteiger partial charge in [-0.15, -0.1) is 0 Å². The number of aromatic nitrogens is 3. The lowest BCUT2D eigenvalue weighted by molar-refractivity contribution is 0.371. The van der Waals surface area contributed by atoms with Crippen LogP contribution in [0.15, 0.2) is 40.2 Å². The molecule has 0 radical (unpaired) electrons. The zero-order chi connectivity index (χ0) is 20.9. The van der Waals surface area contributed by atoms with Crippen LogP contribution in [0.5, 0.6) is 5.75 Å². The van der Waals surface area contributed by atoms with Gasteiger partial charge < -0.3 is 9.15 Å². The van der Waals surface area contributed by atoms with Crippen molar-refractivity contribution in [2.75, 3.05) is 13.7 Å². The van der Waals surface area contributed by atoms with E-state index in [-0.39, 0.29) is 23.7 Å². The Morgan fingerprint density at radius 3 is 2.87 bits per heavy atom. The molecule has 1 aromatic carbocycles. The second-order valence-corrected chi connectivity index (χ2v) is 9.56. The normalized spacial score (nSPS) is 17.1. The first-order valence-corrected chi connectivity index (χ1v) is 11.2. The predicted molar refractivity (Wildman–Crippen MR) is 105 cm³/mol. The summed E-state index contributed by atoms with van der Waals surface area (Å²) in [6, 6.07) is 3.50. The van der Waals surface area contributed by atoms with E-state index in [0.29, 0.717) is 23.7 Å². The van der Waals surface area contributed by atoms with E-state index >= 15 is 0 Å². The zero-order valence-corrected chi connectivity index (χ0v) is 17.2. The Morgan fingerprint density at radius 2 is 2.17 bits per heavy atom. The van der Waals surface area contributed by atoms with Gasteiger partial charge in [-0.1, -0.05) is 0 Å². The molecule has 0 bridgehead atoms. The monoisotopic (exact) mass is 432 g/mol. The number of ether oxygens (including phenoxy) is 1. The number of halogens is 1. The lowest BCUT2D eigenvalue weighted by atomic mass is 10.1. The van der Waals surface area contributed by atoms with Crippen molar-refractivity contribution in [2.24, 2.45) is 5.92 Å². The second-order valence-electron chi connectivity index (χ2n) is 7.66. The van der Waals surface area contributed by atoms with E-state index in [0.717, 1.165) is 23.9 Å². The average Bonchev–Trinajstić information content (AvgIpc) is 3.25. The van der Waals surface area contributed by atoms with Crippen LogP contribution in [-0.4, -0.2) is 41.1 Å². The minimum Gasteiger partial charge on any atom is -0.495 e. The van der Waals surface area contributed by atoms with Crippen molar-refractivity contribution in [1.82, 2.24) is 19.1 Å². The highest BCUT2D eigenvalue weighted by Crippen LogP contribution is 2.36. The number of nitrogens with zero attached hydrogens (tertiary/aromatic N) is 4. The predicted octanol–water partition coefficient (Wildman–Crippen LogP) is 2.84. The van der Waals surface area contributed by atoms with Gasteiger partial charge in [-0.05, 0) is 37.0 Å². The molecule has 0 spiro atoms. The number of sulfonamides is 1. The third kappa shape index (κ3) is 3.29. The lowest BCUT2D eigenvalue weighted by Crippen LogP contribution is -2.36. The molecule has 8 nitrogen and oxygen atoms in total. The summed E-state index contributed by atoms with van der Waals surface area (Å²) < 4.78 is 54.1. The fourth-order valence-corrected chi connectivity index (χ4v) is 5.47. The maximum absolute atomic E-state index is 13.8. The van der Waals surface area contributed by atoms with Crippen LogP contribution in [0.2, 0.25) is 0 Å². The van der Waals surface area contributed by atoms with Gasteiger partial charge >= 0.3 is 0 Å². The van der Waals surface area contributed by atoms with Crippen molar-refractivity contribution in [3.05, 3.63) is 47.9 Å². The van der Waals surface area contributed by atoms with E-state index in [1.165, 1.54) is 49.0 Å². The maximum Gasteiger partial charge on any atom is 0.247 e. The summed E-state index contributed by atoms with van der Waals surface area (Å²) in [7, 11) is -2.60. The Labute approximate surface area is 173 Å². The first-order valence-electron chi connectivity index (χ1n) is 9.78. The van der Waals surface area contributed by atoms with Gasteiger partial charge in [0.2, 0.25) is 10.0 Å². The van der Waals surface area contributed by atoms with Crippen molar-refractivity contribution >= 4 is 10.0 Å². The molecule has 3 heterocycles. The quantitative estimate of drug-likeness (QED) is 0.595. The summed E-state index contributed by atoms with van der Waals surface area (Å²) in [5, 5.41) is 4.74. The third-order valence-electron chi connectivity index (χ3n) is 5.65. The number of oxazole rings is 1. The van der Waals surface area contributed by atoms with Crippen molar-refractivity contribution in [3.63, 3.8) is 0 Å². The number of rotatable bonds is 6. The molecule has 158 valence electrons. The van der Waals surface area contributed by atoms with E-state index in [1.54, 1.807) is 0 Å².